The summed E-state index contributed by atoms with van der Waals surface area (Å²) in [5.41, 5.74) is 5.19. The molecule has 0 aliphatic carbocycles. The van der Waals surface area contributed by atoms with Crippen LogP contribution < -0.4 is 10.5 Å². The van der Waals surface area contributed by atoms with Gasteiger partial charge in [-0.25, -0.2) is 22.5 Å². The fourth-order valence-electron chi connectivity index (χ4n) is 1.46. The molecule has 1 atom stereocenters. The van der Waals surface area contributed by atoms with Crippen LogP contribution in [0.5, 0.6) is 0 Å². The van der Waals surface area contributed by atoms with E-state index in [1.165, 1.54) is 18.5 Å². The maximum atomic E-state index is 13.3. The van der Waals surface area contributed by atoms with Crippen molar-refractivity contribution < 1.29 is 12.8 Å². The van der Waals surface area contributed by atoms with Crippen LogP contribution in [0.3, 0.4) is 0 Å². The molecule has 1 aromatic heterocycles. The number of sulfonamides is 1. The van der Waals surface area contributed by atoms with Crippen LogP contribution in [0.4, 0.5) is 10.1 Å². The van der Waals surface area contributed by atoms with E-state index in [-0.39, 0.29) is 10.6 Å². The van der Waals surface area contributed by atoms with Crippen LogP contribution in [-0.4, -0.2) is 23.6 Å². The highest BCUT2D eigenvalue weighted by molar-refractivity contribution is 7.89. The van der Waals surface area contributed by atoms with Crippen LogP contribution in [0.2, 0.25) is 0 Å². The number of nitrogen functional groups attached to an aromatic ring is 1. The Balaban J connectivity index is 2.25. The molecule has 2 aromatic rings. The predicted octanol–water partition coefficient (Wildman–Crippen LogP) is 0.566. The third kappa shape index (κ3) is 2.88. The lowest BCUT2D eigenvalue weighted by atomic mass is 10.3. The lowest BCUT2D eigenvalue weighted by Gasteiger charge is -2.12. The number of hydrogen-bond donors (Lipinski definition) is 3. The van der Waals surface area contributed by atoms with E-state index in [0.29, 0.717) is 5.82 Å². The number of benzene rings is 1. The summed E-state index contributed by atoms with van der Waals surface area (Å²) in [6, 6.07) is 2.68. The Morgan fingerprint density at radius 3 is 2.79 bits per heavy atom. The van der Waals surface area contributed by atoms with Crippen molar-refractivity contribution in [1.82, 2.24) is 19.9 Å². The van der Waals surface area contributed by atoms with Crippen molar-refractivity contribution >= 4 is 15.7 Å². The molecule has 0 fully saturated rings. The van der Waals surface area contributed by atoms with Crippen molar-refractivity contribution in [3.05, 3.63) is 36.2 Å². The van der Waals surface area contributed by atoms with Gasteiger partial charge in [-0.2, -0.15) is 5.10 Å². The van der Waals surface area contributed by atoms with Gasteiger partial charge in [-0.05, 0) is 25.1 Å². The van der Waals surface area contributed by atoms with Crippen LogP contribution in [0.25, 0.3) is 0 Å². The van der Waals surface area contributed by atoms with Gasteiger partial charge in [0.1, 0.15) is 18.0 Å². The molecular formula is C10H12FN5O2S. The third-order valence-corrected chi connectivity index (χ3v) is 4.00. The zero-order valence-electron chi connectivity index (χ0n) is 9.96. The van der Waals surface area contributed by atoms with E-state index >= 15 is 0 Å². The summed E-state index contributed by atoms with van der Waals surface area (Å²) in [5.74, 6) is -0.422. The Kier molecular flexibility index (Phi) is 3.49. The Labute approximate surface area is 109 Å². The van der Waals surface area contributed by atoms with Crippen LogP contribution in [0, 0.1) is 5.82 Å². The second-order valence-electron chi connectivity index (χ2n) is 3.90. The Hall–Kier alpha value is -2.00. The second kappa shape index (κ2) is 4.94. The van der Waals surface area contributed by atoms with E-state index < -0.39 is 21.9 Å². The number of nitrogens with one attached hydrogen (secondary N) is 2. The topological polar surface area (TPSA) is 114 Å². The minimum absolute atomic E-state index is 0.109. The molecule has 0 amide bonds. The third-order valence-electron chi connectivity index (χ3n) is 2.46. The van der Waals surface area contributed by atoms with Crippen molar-refractivity contribution in [3.63, 3.8) is 0 Å². The van der Waals surface area contributed by atoms with Crippen LogP contribution >= 0.6 is 0 Å². The Bertz CT molecular complexity index is 671. The standard InChI is InChI=1S/C10H12FN5O2S/c1-6(10-13-5-14-15-10)16-19(17,18)7-2-3-9(12)8(11)4-7/h2-6,16H,12H2,1H3,(H,13,14,15). The number of H-pyrrole nitrogens is 1. The average Bonchev–Trinajstić information content (AvgIpc) is 2.85. The lowest BCUT2D eigenvalue weighted by molar-refractivity contribution is 0.558. The molecule has 2 rings (SSSR count). The Morgan fingerprint density at radius 2 is 2.21 bits per heavy atom. The number of halogens is 1. The molecule has 0 saturated carbocycles. The fourth-order valence-corrected chi connectivity index (χ4v) is 2.67. The summed E-state index contributed by atoms with van der Waals surface area (Å²) in [5, 5.41) is 6.17. The first-order chi connectivity index (χ1) is 8.90. The number of rotatable bonds is 4. The van der Waals surface area contributed by atoms with Crippen molar-refractivity contribution in [2.45, 2.75) is 17.9 Å². The van der Waals surface area contributed by atoms with E-state index in [1.807, 2.05) is 0 Å². The van der Waals surface area contributed by atoms with Gasteiger partial charge in [0.15, 0.2) is 0 Å². The highest BCUT2D eigenvalue weighted by Gasteiger charge is 2.20. The zero-order chi connectivity index (χ0) is 14.0. The quantitative estimate of drug-likeness (QED) is 0.710. The number of aromatic nitrogens is 3. The van der Waals surface area contributed by atoms with E-state index in [1.54, 1.807) is 6.92 Å². The molecule has 9 heteroatoms. The van der Waals surface area contributed by atoms with E-state index in [9.17, 15) is 12.8 Å². The largest absolute Gasteiger partial charge is 0.396 e. The molecule has 0 spiro atoms. The molecular weight excluding hydrogens is 273 g/mol. The molecule has 7 nitrogen and oxygen atoms in total. The van der Waals surface area contributed by atoms with Gasteiger partial charge in [0.2, 0.25) is 10.0 Å². The second-order valence-corrected chi connectivity index (χ2v) is 5.61. The zero-order valence-corrected chi connectivity index (χ0v) is 10.8. The van der Waals surface area contributed by atoms with E-state index in [2.05, 4.69) is 19.9 Å². The first kappa shape index (κ1) is 13.4. The van der Waals surface area contributed by atoms with Gasteiger partial charge in [-0.1, -0.05) is 0 Å². The number of nitrogens with zero attached hydrogens (tertiary/aromatic N) is 2. The van der Waals surface area contributed by atoms with Gasteiger partial charge < -0.3 is 5.73 Å². The fraction of sp³-hybridized carbons (Fsp3) is 0.200. The van der Waals surface area contributed by atoms with Crippen LogP contribution in [0.15, 0.2) is 29.4 Å². The first-order valence-electron chi connectivity index (χ1n) is 5.33. The molecule has 0 bridgehead atoms. The molecule has 102 valence electrons. The van der Waals surface area contributed by atoms with E-state index in [0.717, 1.165) is 6.07 Å². The lowest BCUT2D eigenvalue weighted by Crippen LogP contribution is -2.27. The van der Waals surface area contributed by atoms with Crippen molar-refractivity contribution in [2.75, 3.05) is 5.73 Å². The smallest absolute Gasteiger partial charge is 0.241 e. The molecule has 0 radical (unpaired) electrons. The summed E-state index contributed by atoms with van der Waals surface area (Å²) >= 11 is 0. The number of nitrogens with two attached hydrogens (primary N) is 1. The summed E-state index contributed by atoms with van der Waals surface area (Å²) < 4.78 is 39.7. The molecule has 0 saturated heterocycles. The summed E-state index contributed by atoms with van der Waals surface area (Å²) in [4.78, 5) is 3.63. The maximum absolute atomic E-state index is 13.3. The maximum Gasteiger partial charge on any atom is 0.241 e. The number of aromatic amines is 1. The van der Waals surface area contributed by atoms with Gasteiger partial charge in [-0.3, -0.25) is 5.10 Å². The highest BCUT2D eigenvalue weighted by Crippen LogP contribution is 2.18. The number of hydrogen-bond acceptors (Lipinski definition) is 5. The minimum Gasteiger partial charge on any atom is -0.396 e. The molecule has 1 unspecified atom stereocenters. The molecule has 0 aliphatic heterocycles. The van der Waals surface area contributed by atoms with Crippen molar-refractivity contribution in [1.29, 1.82) is 0 Å². The molecule has 1 aromatic carbocycles. The highest BCUT2D eigenvalue weighted by atomic mass is 32.2. The number of anilines is 1. The SMILES string of the molecule is CC(NS(=O)(=O)c1ccc(N)c(F)c1)c1ncn[nH]1. The van der Waals surface area contributed by atoms with Gasteiger partial charge in [0, 0.05) is 0 Å². The van der Waals surface area contributed by atoms with Gasteiger partial charge in [-0.15, -0.1) is 0 Å². The van der Waals surface area contributed by atoms with E-state index in [4.69, 9.17) is 5.73 Å². The Morgan fingerprint density at radius 1 is 1.47 bits per heavy atom. The van der Waals surface area contributed by atoms with Gasteiger partial charge in [0.25, 0.3) is 0 Å². The minimum atomic E-state index is -3.86. The normalized spacial score (nSPS) is 13.4. The first-order valence-corrected chi connectivity index (χ1v) is 6.81. The molecule has 1 heterocycles. The van der Waals surface area contributed by atoms with Crippen molar-refractivity contribution in [2.24, 2.45) is 0 Å². The summed E-state index contributed by atoms with van der Waals surface area (Å²) in [6.07, 6.45) is 1.27. The molecule has 4 N–H and O–H groups in total. The van der Waals surface area contributed by atoms with Gasteiger partial charge in [0.05, 0.1) is 16.6 Å². The summed E-state index contributed by atoms with van der Waals surface area (Å²) in [7, 11) is -3.86. The summed E-state index contributed by atoms with van der Waals surface area (Å²) in [6.45, 7) is 1.59. The molecule has 19 heavy (non-hydrogen) atoms. The monoisotopic (exact) mass is 285 g/mol. The molecule has 0 aliphatic rings. The van der Waals surface area contributed by atoms with Crippen LogP contribution in [0.1, 0.15) is 18.8 Å². The van der Waals surface area contributed by atoms with Crippen LogP contribution in [-0.2, 0) is 10.0 Å². The average molecular weight is 285 g/mol. The predicted molar refractivity (Wildman–Crippen MR) is 65.9 cm³/mol. The van der Waals surface area contributed by atoms with Gasteiger partial charge >= 0.3 is 0 Å². The van der Waals surface area contributed by atoms with Crippen molar-refractivity contribution in [3.8, 4) is 0 Å².